The van der Waals surface area contributed by atoms with Gasteiger partial charge in [0.2, 0.25) is 0 Å². The fourth-order valence-corrected chi connectivity index (χ4v) is 6.02. The van der Waals surface area contributed by atoms with E-state index >= 15 is 0 Å². The number of para-hydroxylation sites is 2. The van der Waals surface area contributed by atoms with E-state index in [1.807, 2.05) is 0 Å². The molecule has 1 aromatic heterocycles. The van der Waals surface area contributed by atoms with Gasteiger partial charge >= 0.3 is 0 Å². The molecule has 180 valence electrons. The highest BCUT2D eigenvalue weighted by molar-refractivity contribution is 9.10. The maximum atomic E-state index is 3.89. The molecule has 0 aliphatic heterocycles. The standard InChI is InChI=1S/C36H24BrN/c37-34-23-28(27-17-15-26(16-18-27)25-9-3-1-4-10-25)19-21-31(34)29-20-22-33-32-13-7-8-14-35(32)38(36(33)24-29)30-11-5-2-6-12-30/h1-24H. The average molecular weight is 550 g/mol. The van der Waals surface area contributed by atoms with Gasteiger partial charge in [-0.2, -0.15) is 0 Å². The topological polar surface area (TPSA) is 4.93 Å². The number of fused-ring (bicyclic) bond motifs is 3. The summed E-state index contributed by atoms with van der Waals surface area (Å²) in [7, 11) is 0. The van der Waals surface area contributed by atoms with Gasteiger partial charge in [0.1, 0.15) is 0 Å². The van der Waals surface area contributed by atoms with Crippen LogP contribution in [0.4, 0.5) is 0 Å². The molecule has 0 atom stereocenters. The van der Waals surface area contributed by atoms with Crippen LogP contribution in [0.25, 0.3) is 60.9 Å². The van der Waals surface area contributed by atoms with Crippen molar-refractivity contribution in [2.75, 3.05) is 0 Å². The first-order valence-electron chi connectivity index (χ1n) is 12.8. The zero-order valence-electron chi connectivity index (χ0n) is 20.7. The maximum absolute atomic E-state index is 3.89. The summed E-state index contributed by atoms with van der Waals surface area (Å²) < 4.78 is 3.45. The predicted octanol–water partition coefficient (Wildman–Crippen LogP) is 10.5. The molecule has 38 heavy (non-hydrogen) atoms. The lowest BCUT2D eigenvalue weighted by Gasteiger charge is -2.11. The molecule has 0 fully saturated rings. The van der Waals surface area contributed by atoms with E-state index in [2.05, 4.69) is 166 Å². The van der Waals surface area contributed by atoms with E-state index in [0.29, 0.717) is 0 Å². The molecule has 1 heterocycles. The number of halogens is 1. The molecule has 0 bridgehead atoms. The van der Waals surface area contributed by atoms with Crippen LogP contribution in [0.2, 0.25) is 0 Å². The summed E-state index contributed by atoms with van der Waals surface area (Å²) in [6, 6.07) is 52.0. The van der Waals surface area contributed by atoms with E-state index in [4.69, 9.17) is 0 Å². The van der Waals surface area contributed by atoms with Gasteiger partial charge in [-0.05, 0) is 63.7 Å². The lowest BCUT2D eigenvalue weighted by molar-refractivity contribution is 1.18. The summed E-state index contributed by atoms with van der Waals surface area (Å²) in [6.07, 6.45) is 0. The molecule has 0 amide bonds. The highest BCUT2D eigenvalue weighted by Gasteiger charge is 2.14. The summed E-state index contributed by atoms with van der Waals surface area (Å²) >= 11 is 3.89. The molecule has 0 unspecified atom stereocenters. The molecule has 6 aromatic carbocycles. The first kappa shape index (κ1) is 22.8. The van der Waals surface area contributed by atoms with Gasteiger partial charge in [0, 0.05) is 20.9 Å². The van der Waals surface area contributed by atoms with Gasteiger partial charge in [0.25, 0.3) is 0 Å². The van der Waals surface area contributed by atoms with Crippen molar-refractivity contribution in [1.29, 1.82) is 0 Å². The highest BCUT2D eigenvalue weighted by atomic mass is 79.9. The van der Waals surface area contributed by atoms with Crippen molar-refractivity contribution >= 4 is 37.7 Å². The molecular formula is C36H24BrN. The zero-order valence-corrected chi connectivity index (χ0v) is 22.3. The first-order chi connectivity index (χ1) is 18.8. The number of rotatable bonds is 4. The van der Waals surface area contributed by atoms with Crippen molar-refractivity contribution in [1.82, 2.24) is 4.57 Å². The van der Waals surface area contributed by atoms with E-state index in [0.717, 1.165) is 4.47 Å². The van der Waals surface area contributed by atoms with Crippen LogP contribution in [0.5, 0.6) is 0 Å². The Balaban J connectivity index is 1.30. The zero-order chi connectivity index (χ0) is 25.5. The van der Waals surface area contributed by atoms with Crippen LogP contribution in [0.15, 0.2) is 150 Å². The van der Waals surface area contributed by atoms with Crippen molar-refractivity contribution in [3.8, 4) is 39.1 Å². The molecular weight excluding hydrogens is 526 g/mol. The monoisotopic (exact) mass is 549 g/mol. The second-order valence-electron chi connectivity index (χ2n) is 9.56. The Morgan fingerprint density at radius 1 is 0.395 bits per heavy atom. The Kier molecular flexibility index (Phi) is 5.68. The molecule has 0 saturated heterocycles. The normalized spacial score (nSPS) is 11.3. The van der Waals surface area contributed by atoms with Crippen molar-refractivity contribution in [2.45, 2.75) is 0 Å². The van der Waals surface area contributed by atoms with Crippen molar-refractivity contribution in [3.05, 3.63) is 150 Å². The Labute approximate surface area is 230 Å². The maximum Gasteiger partial charge on any atom is 0.0547 e. The molecule has 7 rings (SSSR count). The second-order valence-corrected chi connectivity index (χ2v) is 10.4. The Bertz CT molecular complexity index is 1900. The van der Waals surface area contributed by atoms with Crippen LogP contribution in [0.3, 0.4) is 0 Å². The fourth-order valence-electron chi connectivity index (χ4n) is 5.41. The quantitative estimate of drug-likeness (QED) is 0.205. The molecule has 1 nitrogen and oxygen atoms in total. The van der Waals surface area contributed by atoms with Gasteiger partial charge in [0.15, 0.2) is 0 Å². The third-order valence-electron chi connectivity index (χ3n) is 7.29. The number of aromatic nitrogens is 1. The van der Waals surface area contributed by atoms with Gasteiger partial charge in [0.05, 0.1) is 11.0 Å². The summed E-state index contributed by atoms with van der Waals surface area (Å²) in [4.78, 5) is 0. The lowest BCUT2D eigenvalue weighted by Crippen LogP contribution is -1.93. The molecule has 0 aliphatic rings. The van der Waals surface area contributed by atoms with Crippen LogP contribution < -0.4 is 0 Å². The molecule has 0 spiro atoms. The molecule has 0 aliphatic carbocycles. The Hall–Kier alpha value is -4.40. The minimum Gasteiger partial charge on any atom is -0.309 e. The smallest absolute Gasteiger partial charge is 0.0547 e. The third kappa shape index (κ3) is 3.95. The Morgan fingerprint density at radius 2 is 0.947 bits per heavy atom. The van der Waals surface area contributed by atoms with Gasteiger partial charge in [-0.25, -0.2) is 0 Å². The van der Waals surface area contributed by atoms with Crippen LogP contribution in [-0.2, 0) is 0 Å². The number of nitrogens with zero attached hydrogens (tertiary/aromatic N) is 1. The molecule has 0 N–H and O–H groups in total. The summed E-state index contributed by atoms with van der Waals surface area (Å²) in [5.41, 5.74) is 10.8. The van der Waals surface area contributed by atoms with Crippen molar-refractivity contribution in [3.63, 3.8) is 0 Å². The van der Waals surface area contributed by atoms with Crippen molar-refractivity contribution < 1.29 is 0 Å². The van der Waals surface area contributed by atoms with E-state index in [9.17, 15) is 0 Å². The number of benzene rings is 6. The second kappa shape index (κ2) is 9.48. The van der Waals surface area contributed by atoms with E-state index in [1.54, 1.807) is 0 Å². The molecule has 2 heteroatoms. The Morgan fingerprint density at radius 3 is 1.68 bits per heavy atom. The lowest BCUT2D eigenvalue weighted by atomic mass is 9.97. The van der Waals surface area contributed by atoms with Crippen LogP contribution in [0, 0.1) is 0 Å². The fraction of sp³-hybridized carbons (Fsp3) is 0. The number of hydrogen-bond donors (Lipinski definition) is 0. The van der Waals surface area contributed by atoms with Gasteiger partial charge < -0.3 is 4.57 Å². The van der Waals surface area contributed by atoms with Gasteiger partial charge in [-0.15, -0.1) is 0 Å². The summed E-state index contributed by atoms with van der Waals surface area (Å²) in [5, 5.41) is 2.53. The van der Waals surface area contributed by atoms with E-state index in [1.165, 1.54) is 60.9 Å². The summed E-state index contributed by atoms with van der Waals surface area (Å²) in [5.74, 6) is 0. The van der Waals surface area contributed by atoms with Crippen LogP contribution in [0.1, 0.15) is 0 Å². The van der Waals surface area contributed by atoms with Crippen LogP contribution in [-0.4, -0.2) is 4.57 Å². The van der Waals surface area contributed by atoms with Gasteiger partial charge in [-0.3, -0.25) is 0 Å². The van der Waals surface area contributed by atoms with E-state index in [-0.39, 0.29) is 0 Å². The van der Waals surface area contributed by atoms with Crippen molar-refractivity contribution in [2.24, 2.45) is 0 Å². The predicted molar refractivity (Wildman–Crippen MR) is 165 cm³/mol. The molecule has 0 saturated carbocycles. The first-order valence-corrected chi connectivity index (χ1v) is 13.6. The third-order valence-corrected chi connectivity index (χ3v) is 7.95. The highest BCUT2D eigenvalue weighted by Crippen LogP contribution is 2.38. The average Bonchev–Trinajstić information content (AvgIpc) is 3.32. The van der Waals surface area contributed by atoms with Crippen LogP contribution >= 0.6 is 15.9 Å². The SMILES string of the molecule is Brc1cc(-c2ccc(-c3ccccc3)cc2)ccc1-c1ccc2c3ccccc3n(-c3ccccc3)c2c1. The molecule has 7 aromatic rings. The molecule has 0 radical (unpaired) electrons. The largest absolute Gasteiger partial charge is 0.309 e. The summed E-state index contributed by atoms with van der Waals surface area (Å²) in [6.45, 7) is 0. The minimum absolute atomic E-state index is 1.09. The van der Waals surface area contributed by atoms with Gasteiger partial charge in [-0.1, -0.05) is 131 Å². The number of hydrogen-bond acceptors (Lipinski definition) is 0. The minimum atomic E-state index is 1.09. The van der Waals surface area contributed by atoms with E-state index < -0.39 is 0 Å².